The molecule has 5 heterocycles. The van der Waals surface area contributed by atoms with Gasteiger partial charge < -0.3 is 19.2 Å². The van der Waals surface area contributed by atoms with E-state index in [1.165, 1.54) is 11.0 Å². The molecule has 0 spiro atoms. The lowest BCUT2D eigenvalue weighted by molar-refractivity contribution is -0.135. The first kappa shape index (κ1) is 33.4. The first-order chi connectivity index (χ1) is 25.0. The fourth-order valence-corrected chi connectivity index (χ4v) is 7.42. The molecule has 12 heteroatoms. The van der Waals surface area contributed by atoms with Gasteiger partial charge in [-0.05, 0) is 56.5 Å². The molecular weight excluding hydrogens is 664 g/mol. The molecular formula is C40H39F2N7O3. The van der Waals surface area contributed by atoms with Crippen LogP contribution in [0.5, 0.6) is 0 Å². The van der Waals surface area contributed by atoms with Crippen LogP contribution in [-0.4, -0.2) is 77.6 Å². The van der Waals surface area contributed by atoms with E-state index in [0.717, 1.165) is 45.1 Å². The van der Waals surface area contributed by atoms with Gasteiger partial charge in [0.05, 0.1) is 18.8 Å². The van der Waals surface area contributed by atoms with E-state index in [-0.39, 0.29) is 18.5 Å². The number of hydrogen-bond donors (Lipinski definition) is 1. The van der Waals surface area contributed by atoms with Crippen LogP contribution >= 0.6 is 0 Å². The number of para-hydroxylation sites is 1. The van der Waals surface area contributed by atoms with Crippen molar-refractivity contribution in [1.29, 1.82) is 0 Å². The zero-order valence-electron chi connectivity index (χ0n) is 29.2. The second kappa shape index (κ2) is 13.1. The van der Waals surface area contributed by atoms with Crippen molar-refractivity contribution < 1.29 is 23.1 Å². The van der Waals surface area contributed by atoms with Gasteiger partial charge in [0.2, 0.25) is 5.91 Å². The number of amides is 2. The van der Waals surface area contributed by atoms with Crippen molar-refractivity contribution >= 4 is 39.4 Å². The maximum Gasteiger partial charge on any atom is 0.411 e. The summed E-state index contributed by atoms with van der Waals surface area (Å²) in [7, 11) is 0. The first-order valence-electron chi connectivity index (χ1n) is 17.5. The van der Waals surface area contributed by atoms with Gasteiger partial charge in [0.15, 0.2) is 11.6 Å². The first-order valence-corrected chi connectivity index (χ1v) is 17.5. The normalized spacial score (nSPS) is 18.0. The van der Waals surface area contributed by atoms with Crippen molar-refractivity contribution in [1.82, 2.24) is 34.3 Å². The zero-order chi connectivity index (χ0) is 36.1. The Bertz CT molecular complexity index is 2340. The van der Waals surface area contributed by atoms with Gasteiger partial charge in [-0.15, -0.1) is 5.10 Å². The SMILES string of the molecule is CC(C)(C)OC(=O)N1CC(n2cc(Cn3c(-c4ccccc4)cc4ccccc43)nn2)C[C@H]1C(=O)N1CC=C(c2c[nH]c3cc(F)c(F)cc23)CC1. The number of carbonyl (C=O) groups is 2. The molecule has 266 valence electrons. The summed E-state index contributed by atoms with van der Waals surface area (Å²) >= 11 is 0. The molecule has 6 aromatic rings. The van der Waals surface area contributed by atoms with E-state index in [1.807, 2.05) is 42.6 Å². The van der Waals surface area contributed by atoms with Crippen LogP contribution in [0.25, 0.3) is 38.6 Å². The molecule has 2 amide bonds. The van der Waals surface area contributed by atoms with E-state index in [1.54, 1.807) is 36.5 Å². The summed E-state index contributed by atoms with van der Waals surface area (Å²) in [6, 6.07) is 22.0. The smallest absolute Gasteiger partial charge is 0.411 e. The number of hydrogen-bond acceptors (Lipinski definition) is 5. The highest BCUT2D eigenvalue weighted by atomic mass is 19.2. The van der Waals surface area contributed by atoms with Gasteiger partial charge >= 0.3 is 6.09 Å². The van der Waals surface area contributed by atoms with Gasteiger partial charge in [0.25, 0.3) is 0 Å². The van der Waals surface area contributed by atoms with E-state index < -0.39 is 29.4 Å². The number of likely N-dealkylation sites (tertiary alicyclic amines) is 1. The number of fused-ring (bicyclic) bond motifs is 2. The third-order valence-corrected chi connectivity index (χ3v) is 9.91. The van der Waals surface area contributed by atoms with Crippen LogP contribution in [0.1, 0.15) is 50.9 Å². The zero-order valence-corrected chi connectivity index (χ0v) is 29.2. The Morgan fingerprint density at radius 2 is 1.77 bits per heavy atom. The molecule has 0 radical (unpaired) electrons. The number of H-pyrrole nitrogens is 1. The summed E-state index contributed by atoms with van der Waals surface area (Å²) in [5.74, 6) is -2.00. The minimum atomic E-state index is -0.909. The lowest BCUT2D eigenvalue weighted by Crippen LogP contribution is -2.49. The summed E-state index contributed by atoms with van der Waals surface area (Å²) < 4.78 is 37.6. The number of aromatic nitrogens is 5. The van der Waals surface area contributed by atoms with Crippen molar-refractivity contribution in [2.45, 2.75) is 57.8 Å². The Balaban J connectivity index is 1.03. The number of benzene rings is 3. The van der Waals surface area contributed by atoms with E-state index in [9.17, 15) is 18.4 Å². The Labute approximate surface area is 299 Å². The average molecular weight is 704 g/mol. The molecule has 2 aliphatic rings. The maximum atomic E-state index is 14.2. The van der Waals surface area contributed by atoms with Crippen molar-refractivity contribution in [2.75, 3.05) is 19.6 Å². The molecule has 3 aromatic heterocycles. The molecule has 8 rings (SSSR count). The highest BCUT2D eigenvalue weighted by molar-refractivity contribution is 5.94. The Morgan fingerprint density at radius 1 is 1.00 bits per heavy atom. The number of nitrogens with one attached hydrogen (secondary N) is 1. The third-order valence-electron chi connectivity index (χ3n) is 9.91. The fraction of sp³-hybridized carbons (Fsp3) is 0.300. The molecule has 1 N–H and O–H groups in total. The molecule has 10 nitrogen and oxygen atoms in total. The molecule has 0 aliphatic carbocycles. The number of ether oxygens (including phenoxy) is 1. The summed E-state index contributed by atoms with van der Waals surface area (Å²) in [5, 5.41) is 10.8. The highest BCUT2D eigenvalue weighted by Gasteiger charge is 2.44. The largest absolute Gasteiger partial charge is 0.444 e. The van der Waals surface area contributed by atoms with Crippen LogP contribution in [-0.2, 0) is 16.1 Å². The highest BCUT2D eigenvalue weighted by Crippen LogP contribution is 2.34. The molecule has 1 fully saturated rings. The van der Waals surface area contributed by atoms with Crippen LogP contribution in [0.3, 0.4) is 0 Å². The van der Waals surface area contributed by atoms with Crippen LogP contribution in [0.4, 0.5) is 13.6 Å². The van der Waals surface area contributed by atoms with Crippen molar-refractivity contribution in [3.63, 3.8) is 0 Å². The van der Waals surface area contributed by atoms with Crippen molar-refractivity contribution in [3.05, 3.63) is 114 Å². The number of carbonyl (C=O) groups excluding carboxylic acids is 2. The summed E-state index contributed by atoms with van der Waals surface area (Å²) in [5.41, 5.74) is 5.49. The number of aromatic amines is 1. The molecule has 2 atom stereocenters. The molecule has 1 saturated heterocycles. The second-order valence-electron chi connectivity index (χ2n) is 14.5. The van der Waals surface area contributed by atoms with Crippen LogP contribution in [0, 0.1) is 11.6 Å². The van der Waals surface area contributed by atoms with Gasteiger partial charge in [0, 0.05) is 71.4 Å². The van der Waals surface area contributed by atoms with Gasteiger partial charge in [0.1, 0.15) is 17.3 Å². The summed E-state index contributed by atoms with van der Waals surface area (Å²) in [4.78, 5) is 34.0. The molecule has 2 aliphatic heterocycles. The summed E-state index contributed by atoms with van der Waals surface area (Å²) in [6.45, 7) is 6.86. The minimum absolute atomic E-state index is 0.178. The molecule has 52 heavy (non-hydrogen) atoms. The standard InChI is InChI=1S/C40H39F2N7O3/c1-40(2,3)52-39(51)48-24-29(18-37(48)38(50)46-15-13-25(14-16-46)31-21-43-34-20-33(42)32(41)19-30(31)34)49-23-28(44-45-49)22-47-35-12-8-7-11-27(35)17-36(47)26-9-5-4-6-10-26/h4-13,17,19-21,23,29,37,43H,14-16,18,22,24H2,1-3H3/t29?,37-/m0/s1. The molecule has 3 aromatic carbocycles. The second-order valence-corrected chi connectivity index (χ2v) is 14.5. The van der Waals surface area contributed by atoms with Crippen molar-refractivity contribution in [3.8, 4) is 11.3 Å². The van der Waals surface area contributed by atoms with Crippen LogP contribution < -0.4 is 0 Å². The number of halogens is 2. The minimum Gasteiger partial charge on any atom is -0.444 e. The van der Waals surface area contributed by atoms with Crippen LogP contribution in [0.15, 0.2) is 91.3 Å². The molecule has 0 bridgehead atoms. The van der Waals surface area contributed by atoms with E-state index in [4.69, 9.17) is 4.74 Å². The van der Waals surface area contributed by atoms with E-state index >= 15 is 0 Å². The van der Waals surface area contributed by atoms with Gasteiger partial charge in [-0.3, -0.25) is 9.69 Å². The van der Waals surface area contributed by atoms with Crippen molar-refractivity contribution in [2.24, 2.45) is 0 Å². The average Bonchev–Trinajstić information content (AvgIpc) is 3.94. The predicted molar refractivity (Wildman–Crippen MR) is 194 cm³/mol. The van der Waals surface area contributed by atoms with E-state index in [2.05, 4.69) is 50.2 Å². The monoisotopic (exact) mass is 703 g/mol. The van der Waals surface area contributed by atoms with Gasteiger partial charge in [-0.1, -0.05) is 59.8 Å². The number of rotatable bonds is 6. The fourth-order valence-electron chi connectivity index (χ4n) is 7.42. The number of nitrogens with zero attached hydrogens (tertiary/aromatic N) is 6. The lowest BCUT2D eigenvalue weighted by Gasteiger charge is -2.33. The molecule has 1 unspecified atom stereocenters. The lowest BCUT2D eigenvalue weighted by atomic mass is 9.98. The quantitative estimate of drug-likeness (QED) is 0.193. The van der Waals surface area contributed by atoms with Gasteiger partial charge in [-0.25, -0.2) is 18.3 Å². The third kappa shape index (κ3) is 6.33. The topological polar surface area (TPSA) is 101 Å². The Morgan fingerprint density at radius 3 is 2.54 bits per heavy atom. The van der Waals surface area contributed by atoms with Crippen LogP contribution in [0.2, 0.25) is 0 Å². The van der Waals surface area contributed by atoms with Gasteiger partial charge in [-0.2, -0.15) is 0 Å². The van der Waals surface area contributed by atoms with E-state index in [0.29, 0.717) is 43.4 Å². The predicted octanol–water partition coefficient (Wildman–Crippen LogP) is 7.57. The Hall–Kier alpha value is -5.78. The Kier molecular flexibility index (Phi) is 8.39. The molecule has 0 saturated carbocycles. The summed E-state index contributed by atoms with van der Waals surface area (Å²) in [6.07, 6.45) is 5.90. The maximum absolute atomic E-state index is 14.2.